The average molecular weight is 275 g/mol. The molecule has 2 aromatic rings. The number of aryl methyl sites for hydroxylation is 1. The maximum atomic E-state index is 5.29. The van der Waals surface area contributed by atoms with Gasteiger partial charge >= 0.3 is 0 Å². The summed E-state index contributed by atoms with van der Waals surface area (Å²) in [6.07, 6.45) is 5.00. The van der Waals surface area contributed by atoms with Crippen LogP contribution < -0.4 is 0 Å². The van der Waals surface area contributed by atoms with E-state index >= 15 is 0 Å². The first-order valence-corrected chi connectivity index (χ1v) is 7.17. The van der Waals surface area contributed by atoms with Crippen LogP contribution in [0.4, 0.5) is 0 Å². The number of likely N-dealkylation sites (tertiary alicyclic amines) is 1. The summed E-state index contributed by atoms with van der Waals surface area (Å²) < 4.78 is 7.51. The molecule has 108 valence electrons. The summed E-state index contributed by atoms with van der Waals surface area (Å²) >= 11 is 0. The fraction of sp³-hybridized carbons (Fsp3) is 0.643. The predicted octanol–water partition coefficient (Wildman–Crippen LogP) is 2.14. The first kappa shape index (κ1) is 13.3. The molecular weight excluding hydrogens is 254 g/mol. The second-order valence-corrected chi connectivity index (χ2v) is 5.75. The summed E-state index contributed by atoms with van der Waals surface area (Å²) in [7, 11) is 0. The van der Waals surface area contributed by atoms with E-state index in [1.807, 2.05) is 13.1 Å². The van der Waals surface area contributed by atoms with Crippen LogP contribution in [0.5, 0.6) is 0 Å². The van der Waals surface area contributed by atoms with E-state index in [0.29, 0.717) is 17.8 Å². The van der Waals surface area contributed by atoms with Crippen molar-refractivity contribution in [1.29, 1.82) is 0 Å². The Morgan fingerprint density at radius 2 is 2.30 bits per heavy atom. The average Bonchev–Trinajstić information content (AvgIpc) is 3.09. The zero-order valence-electron chi connectivity index (χ0n) is 12.3. The third-order valence-electron chi connectivity index (χ3n) is 3.84. The Morgan fingerprint density at radius 3 is 3.00 bits per heavy atom. The molecule has 3 heterocycles. The summed E-state index contributed by atoms with van der Waals surface area (Å²) in [5.74, 6) is 2.98. The zero-order valence-corrected chi connectivity index (χ0v) is 12.3. The van der Waals surface area contributed by atoms with Gasteiger partial charge in [-0.25, -0.2) is 4.98 Å². The molecule has 1 aliphatic heterocycles. The normalized spacial score (nSPS) is 20.1. The van der Waals surface area contributed by atoms with Crippen LogP contribution in [0, 0.1) is 6.92 Å². The monoisotopic (exact) mass is 275 g/mol. The molecule has 0 unspecified atom stereocenters. The number of rotatable bonds is 4. The van der Waals surface area contributed by atoms with Gasteiger partial charge in [0.15, 0.2) is 5.82 Å². The SMILES string of the molecule is Cc1noc([C@H]2CCN(Cc3nccn3C(C)C)C2)n1. The number of aromatic nitrogens is 4. The van der Waals surface area contributed by atoms with Gasteiger partial charge in [-0.1, -0.05) is 5.16 Å². The molecule has 1 fully saturated rings. The van der Waals surface area contributed by atoms with Crippen LogP contribution in [0.15, 0.2) is 16.9 Å². The molecule has 0 saturated carbocycles. The van der Waals surface area contributed by atoms with E-state index in [2.05, 4.69) is 44.6 Å². The summed E-state index contributed by atoms with van der Waals surface area (Å²) in [6, 6.07) is 0.449. The highest BCUT2D eigenvalue weighted by atomic mass is 16.5. The number of imidazole rings is 1. The number of nitrogens with zero attached hydrogens (tertiary/aromatic N) is 5. The molecule has 20 heavy (non-hydrogen) atoms. The molecule has 1 atom stereocenters. The Balaban J connectivity index is 1.64. The molecule has 0 amide bonds. The fourth-order valence-electron chi connectivity index (χ4n) is 2.79. The molecule has 1 aliphatic rings. The van der Waals surface area contributed by atoms with E-state index in [1.54, 1.807) is 0 Å². The molecular formula is C14H21N5O. The quantitative estimate of drug-likeness (QED) is 0.855. The lowest BCUT2D eigenvalue weighted by Crippen LogP contribution is -2.22. The number of hydrogen-bond donors (Lipinski definition) is 0. The van der Waals surface area contributed by atoms with Crippen molar-refractivity contribution in [2.45, 2.75) is 45.7 Å². The highest BCUT2D eigenvalue weighted by Crippen LogP contribution is 2.27. The van der Waals surface area contributed by atoms with Gasteiger partial charge in [-0.05, 0) is 33.7 Å². The Morgan fingerprint density at radius 1 is 1.45 bits per heavy atom. The van der Waals surface area contributed by atoms with Crippen molar-refractivity contribution >= 4 is 0 Å². The van der Waals surface area contributed by atoms with Crippen molar-refractivity contribution in [2.75, 3.05) is 13.1 Å². The van der Waals surface area contributed by atoms with Crippen LogP contribution in [0.1, 0.15) is 49.8 Å². The first-order chi connectivity index (χ1) is 9.63. The van der Waals surface area contributed by atoms with Crippen molar-refractivity contribution in [3.63, 3.8) is 0 Å². The van der Waals surface area contributed by atoms with Gasteiger partial charge in [0.25, 0.3) is 0 Å². The van der Waals surface area contributed by atoms with E-state index in [1.165, 1.54) is 0 Å². The summed E-state index contributed by atoms with van der Waals surface area (Å²) in [6.45, 7) is 9.12. The molecule has 3 rings (SSSR count). The lowest BCUT2D eigenvalue weighted by atomic mass is 10.1. The van der Waals surface area contributed by atoms with Gasteiger partial charge in [0, 0.05) is 25.0 Å². The van der Waals surface area contributed by atoms with Gasteiger partial charge in [0.05, 0.1) is 12.5 Å². The number of hydrogen-bond acceptors (Lipinski definition) is 5. The standard InChI is InChI=1S/C14H21N5O/c1-10(2)19-7-5-15-13(19)9-18-6-4-12(8-18)14-16-11(3)17-20-14/h5,7,10,12H,4,6,8-9H2,1-3H3/t12-/m0/s1. The minimum Gasteiger partial charge on any atom is -0.339 e. The Kier molecular flexibility index (Phi) is 3.56. The van der Waals surface area contributed by atoms with E-state index in [4.69, 9.17) is 4.52 Å². The molecule has 0 aromatic carbocycles. The molecule has 0 aliphatic carbocycles. The predicted molar refractivity (Wildman–Crippen MR) is 74.3 cm³/mol. The first-order valence-electron chi connectivity index (χ1n) is 7.17. The summed E-state index contributed by atoms with van der Waals surface area (Å²) in [5, 5.41) is 3.88. The van der Waals surface area contributed by atoms with Crippen molar-refractivity contribution < 1.29 is 4.52 Å². The van der Waals surface area contributed by atoms with Gasteiger partial charge in [0.2, 0.25) is 5.89 Å². The van der Waals surface area contributed by atoms with Crippen LogP contribution in [0.2, 0.25) is 0 Å². The van der Waals surface area contributed by atoms with Gasteiger partial charge in [0.1, 0.15) is 5.82 Å². The molecule has 0 bridgehead atoms. The molecule has 6 nitrogen and oxygen atoms in total. The van der Waals surface area contributed by atoms with Crippen molar-refractivity contribution in [3.8, 4) is 0 Å². The minimum atomic E-state index is 0.360. The smallest absolute Gasteiger partial charge is 0.231 e. The van der Waals surface area contributed by atoms with E-state index < -0.39 is 0 Å². The van der Waals surface area contributed by atoms with Crippen LogP contribution in [0.3, 0.4) is 0 Å². The topological polar surface area (TPSA) is 60.0 Å². The molecule has 0 spiro atoms. The zero-order chi connectivity index (χ0) is 14.1. The maximum Gasteiger partial charge on any atom is 0.231 e. The Hall–Kier alpha value is -1.69. The molecule has 2 aromatic heterocycles. The van der Waals surface area contributed by atoms with Crippen molar-refractivity contribution in [3.05, 3.63) is 29.9 Å². The summed E-state index contributed by atoms with van der Waals surface area (Å²) in [5.41, 5.74) is 0. The van der Waals surface area contributed by atoms with Gasteiger partial charge in [-0.15, -0.1) is 0 Å². The lowest BCUT2D eigenvalue weighted by molar-refractivity contribution is 0.296. The Bertz CT molecular complexity index is 574. The van der Waals surface area contributed by atoms with Gasteiger partial charge in [-0.2, -0.15) is 4.98 Å². The van der Waals surface area contributed by atoms with Crippen LogP contribution >= 0.6 is 0 Å². The molecule has 0 radical (unpaired) electrons. The highest BCUT2D eigenvalue weighted by molar-refractivity contribution is 5.00. The van der Waals surface area contributed by atoms with Gasteiger partial charge < -0.3 is 9.09 Å². The van der Waals surface area contributed by atoms with E-state index in [0.717, 1.165) is 37.8 Å². The van der Waals surface area contributed by atoms with E-state index in [-0.39, 0.29) is 0 Å². The third kappa shape index (κ3) is 2.60. The molecule has 6 heteroatoms. The second-order valence-electron chi connectivity index (χ2n) is 5.75. The lowest BCUT2D eigenvalue weighted by Gasteiger charge is -2.17. The Labute approximate surface area is 118 Å². The minimum absolute atomic E-state index is 0.360. The molecule has 0 N–H and O–H groups in total. The fourth-order valence-corrected chi connectivity index (χ4v) is 2.79. The van der Waals surface area contributed by atoms with Crippen LogP contribution in [0.25, 0.3) is 0 Å². The van der Waals surface area contributed by atoms with Crippen LogP contribution in [-0.2, 0) is 6.54 Å². The molecule has 1 saturated heterocycles. The largest absolute Gasteiger partial charge is 0.339 e. The second kappa shape index (κ2) is 5.36. The highest BCUT2D eigenvalue weighted by Gasteiger charge is 2.28. The van der Waals surface area contributed by atoms with Gasteiger partial charge in [-0.3, -0.25) is 4.90 Å². The maximum absolute atomic E-state index is 5.29. The van der Waals surface area contributed by atoms with Crippen molar-refractivity contribution in [2.24, 2.45) is 0 Å². The third-order valence-corrected chi connectivity index (χ3v) is 3.84. The summed E-state index contributed by atoms with van der Waals surface area (Å²) in [4.78, 5) is 11.2. The van der Waals surface area contributed by atoms with E-state index in [9.17, 15) is 0 Å². The van der Waals surface area contributed by atoms with Crippen molar-refractivity contribution in [1.82, 2.24) is 24.6 Å². The van der Waals surface area contributed by atoms with Crippen LogP contribution in [-0.4, -0.2) is 37.7 Å².